The van der Waals surface area contributed by atoms with Crippen LogP contribution in [-0.2, 0) is 12.8 Å². The minimum absolute atomic E-state index is 1.09. The third-order valence-electron chi connectivity index (χ3n) is 2.76. The van der Waals surface area contributed by atoms with E-state index in [1.54, 1.807) is 0 Å². The minimum Gasteiger partial charge on any atom is -0.100 e. The second-order valence-electron chi connectivity index (χ2n) is 4.68. The standard InChI is InChI=1S/C16H22/c1-13(2)9-11-15-7-5-6-8-16(15)12-10-14(3)4/h5-8H,1,3,9-12H2,2,4H3. The third-order valence-corrected chi connectivity index (χ3v) is 2.76. The molecule has 0 N–H and O–H groups in total. The SMILES string of the molecule is C=C(C)CCc1ccccc1CCC(=C)C. The molecule has 0 aliphatic rings. The van der Waals surface area contributed by atoms with E-state index in [9.17, 15) is 0 Å². The van der Waals surface area contributed by atoms with Gasteiger partial charge in [-0.2, -0.15) is 0 Å². The summed E-state index contributed by atoms with van der Waals surface area (Å²) in [5.74, 6) is 0. The molecule has 0 bridgehead atoms. The fraction of sp³-hybridized carbons (Fsp3) is 0.375. The van der Waals surface area contributed by atoms with Crippen molar-refractivity contribution in [2.75, 3.05) is 0 Å². The highest BCUT2D eigenvalue weighted by atomic mass is 14.1. The van der Waals surface area contributed by atoms with Crippen molar-refractivity contribution in [3.05, 3.63) is 59.7 Å². The summed E-state index contributed by atoms with van der Waals surface area (Å²) in [6.45, 7) is 12.1. The Labute approximate surface area is 99.7 Å². The van der Waals surface area contributed by atoms with Gasteiger partial charge in [0.1, 0.15) is 0 Å². The first-order chi connectivity index (χ1) is 7.59. The van der Waals surface area contributed by atoms with Crippen LogP contribution in [0.25, 0.3) is 0 Å². The molecule has 1 aromatic carbocycles. The Morgan fingerprint density at radius 2 is 1.25 bits per heavy atom. The van der Waals surface area contributed by atoms with Crippen molar-refractivity contribution in [2.24, 2.45) is 0 Å². The predicted molar refractivity (Wildman–Crippen MR) is 72.7 cm³/mol. The number of benzene rings is 1. The molecule has 0 amide bonds. The molecule has 0 aliphatic heterocycles. The number of hydrogen-bond acceptors (Lipinski definition) is 0. The zero-order chi connectivity index (χ0) is 12.0. The van der Waals surface area contributed by atoms with E-state index in [2.05, 4.69) is 51.3 Å². The average molecular weight is 214 g/mol. The normalized spacial score (nSPS) is 10.1. The number of allylic oxidation sites excluding steroid dienone is 2. The third kappa shape index (κ3) is 4.48. The summed E-state index contributed by atoms with van der Waals surface area (Å²) in [5.41, 5.74) is 5.45. The molecule has 0 saturated heterocycles. The van der Waals surface area contributed by atoms with Gasteiger partial charge in [-0.25, -0.2) is 0 Å². The second-order valence-corrected chi connectivity index (χ2v) is 4.68. The predicted octanol–water partition coefficient (Wildman–Crippen LogP) is 4.70. The van der Waals surface area contributed by atoms with Crippen LogP contribution in [0.2, 0.25) is 0 Å². The fourth-order valence-corrected chi connectivity index (χ4v) is 1.74. The van der Waals surface area contributed by atoms with Gasteiger partial charge in [0, 0.05) is 0 Å². The van der Waals surface area contributed by atoms with Crippen LogP contribution in [0.15, 0.2) is 48.6 Å². The van der Waals surface area contributed by atoms with E-state index in [0.29, 0.717) is 0 Å². The first-order valence-corrected chi connectivity index (χ1v) is 5.95. The van der Waals surface area contributed by atoms with Crippen LogP contribution in [0.4, 0.5) is 0 Å². The minimum atomic E-state index is 1.09. The van der Waals surface area contributed by atoms with Gasteiger partial charge in [-0.15, -0.1) is 13.2 Å². The summed E-state index contributed by atoms with van der Waals surface area (Å²) in [6, 6.07) is 8.71. The van der Waals surface area contributed by atoms with Crippen molar-refractivity contribution in [2.45, 2.75) is 39.5 Å². The highest BCUT2D eigenvalue weighted by Crippen LogP contribution is 2.16. The molecule has 0 atom stereocenters. The Bertz CT molecular complexity index is 334. The monoisotopic (exact) mass is 214 g/mol. The highest BCUT2D eigenvalue weighted by molar-refractivity contribution is 5.28. The summed E-state index contributed by atoms with van der Waals surface area (Å²) in [6.07, 6.45) is 4.40. The Hall–Kier alpha value is -1.30. The van der Waals surface area contributed by atoms with Crippen LogP contribution < -0.4 is 0 Å². The van der Waals surface area contributed by atoms with Crippen LogP contribution in [0.5, 0.6) is 0 Å². The van der Waals surface area contributed by atoms with E-state index in [4.69, 9.17) is 0 Å². The van der Waals surface area contributed by atoms with Crippen molar-refractivity contribution in [3.63, 3.8) is 0 Å². The maximum atomic E-state index is 3.96. The molecular formula is C16H22. The smallest absolute Gasteiger partial charge is 0.0239 e. The topological polar surface area (TPSA) is 0 Å². The zero-order valence-electron chi connectivity index (χ0n) is 10.6. The van der Waals surface area contributed by atoms with E-state index >= 15 is 0 Å². The maximum Gasteiger partial charge on any atom is -0.0239 e. The van der Waals surface area contributed by atoms with Crippen LogP contribution in [-0.4, -0.2) is 0 Å². The molecule has 0 radical (unpaired) electrons. The number of rotatable bonds is 6. The molecule has 0 nitrogen and oxygen atoms in total. The van der Waals surface area contributed by atoms with Gasteiger partial charge in [0.2, 0.25) is 0 Å². The molecule has 0 unspecified atom stereocenters. The van der Waals surface area contributed by atoms with Gasteiger partial charge >= 0.3 is 0 Å². The maximum absolute atomic E-state index is 3.96. The van der Waals surface area contributed by atoms with E-state index in [1.807, 2.05) is 0 Å². The number of hydrogen-bond donors (Lipinski definition) is 0. The Morgan fingerprint density at radius 3 is 1.56 bits per heavy atom. The van der Waals surface area contributed by atoms with Gasteiger partial charge in [0.15, 0.2) is 0 Å². The zero-order valence-corrected chi connectivity index (χ0v) is 10.6. The van der Waals surface area contributed by atoms with Gasteiger partial charge in [0.25, 0.3) is 0 Å². The number of aryl methyl sites for hydroxylation is 2. The molecule has 86 valence electrons. The summed E-state index contributed by atoms with van der Waals surface area (Å²) in [4.78, 5) is 0. The second kappa shape index (κ2) is 6.32. The van der Waals surface area contributed by atoms with Crippen LogP contribution in [0.1, 0.15) is 37.8 Å². The molecular weight excluding hydrogens is 192 g/mol. The van der Waals surface area contributed by atoms with E-state index in [-0.39, 0.29) is 0 Å². The molecule has 1 aromatic rings. The van der Waals surface area contributed by atoms with Gasteiger partial charge < -0.3 is 0 Å². The van der Waals surface area contributed by atoms with Crippen LogP contribution in [0.3, 0.4) is 0 Å². The van der Waals surface area contributed by atoms with Gasteiger partial charge in [0.05, 0.1) is 0 Å². The van der Waals surface area contributed by atoms with Gasteiger partial charge in [-0.3, -0.25) is 0 Å². The van der Waals surface area contributed by atoms with Crippen molar-refractivity contribution in [3.8, 4) is 0 Å². The molecule has 0 spiro atoms. The summed E-state index contributed by atoms with van der Waals surface area (Å²) in [5, 5.41) is 0. The van der Waals surface area contributed by atoms with Crippen molar-refractivity contribution in [1.29, 1.82) is 0 Å². The van der Waals surface area contributed by atoms with Crippen LogP contribution in [0, 0.1) is 0 Å². The average Bonchev–Trinajstić information content (AvgIpc) is 2.24. The fourth-order valence-electron chi connectivity index (χ4n) is 1.74. The Kier molecular flexibility index (Phi) is 5.04. The molecule has 0 aliphatic carbocycles. The van der Waals surface area contributed by atoms with E-state index in [1.165, 1.54) is 22.3 Å². The molecule has 1 rings (SSSR count). The van der Waals surface area contributed by atoms with Gasteiger partial charge in [-0.05, 0) is 50.7 Å². The summed E-state index contributed by atoms with van der Waals surface area (Å²) >= 11 is 0. The molecule has 0 fully saturated rings. The quantitative estimate of drug-likeness (QED) is 0.602. The van der Waals surface area contributed by atoms with E-state index in [0.717, 1.165) is 25.7 Å². The summed E-state index contributed by atoms with van der Waals surface area (Å²) in [7, 11) is 0. The molecule has 0 heteroatoms. The Balaban J connectivity index is 2.67. The lowest BCUT2D eigenvalue weighted by atomic mass is 9.97. The molecule has 0 saturated carbocycles. The molecule has 16 heavy (non-hydrogen) atoms. The van der Waals surface area contributed by atoms with E-state index < -0.39 is 0 Å². The lowest BCUT2D eigenvalue weighted by Gasteiger charge is -2.09. The largest absolute Gasteiger partial charge is 0.100 e. The lowest BCUT2D eigenvalue weighted by molar-refractivity contribution is 0.884. The molecule has 0 aromatic heterocycles. The summed E-state index contributed by atoms with van der Waals surface area (Å²) < 4.78 is 0. The van der Waals surface area contributed by atoms with Crippen molar-refractivity contribution >= 4 is 0 Å². The Morgan fingerprint density at radius 1 is 0.875 bits per heavy atom. The lowest BCUT2D eigenvalue weighted by Crippen LogP contribution is -1.95. The highest BCUT2D eigenvalue weighted by Gasteiger charge is 2.01. The first-order valence-electron chi connectivity index (χ1n) is 5.95. The first kappa shape index (κ1) is 12.8. The van der Waals surface area contributed by atoms with Gasteiger partial charge in [-0.1, -0.05) is 35.4 Å². The van der Waals surface area contributed by atoms with Crippen LogP contribution >= 0.6 is 0 Å². The van der Waals surface area contributed by atoms with Crippen molar-refractivity contribution in [1.82, 2.24) is 0 Å². The van der Waals surface area contributed by atoms with Crippen molar-refractivity contribution < 1.29 is 0 Å². The molecule has 0 heterocycles.